The molecule has 0 fully saturated rings. The molecule has 2 rings (SSSR count). The van der Waals surface area contributed by atoms with Gasteiger partial charge in [-0.15, -0.1) is 11.3 Å². The van der Waals surface area contributed by atoms with Crippen molar-refractivity contribution >= 4 is 22.9 Å². The van der Waals surface area contributed by atoms with Crippen LogP contribution >= 0.6 is 11.3 Å². The standard InChI is InChI=1S/C14H20N4OS/c1-4-18-13(12(15)8-16-18)14(19)17(10(2)3)9-11-6-5-7-20-11/h5-8,10H,4,9,15H2,1-3H3. The van der Waals surface area contributed by atoms with Crippen molar-refractivity contribution in [1.82, 2.24) is 14.7 Å². The van der Waals surface area contributed by atoms with Crippen LogP contribution in [-0.2, 0) is 13.1 Å². The van der Waals surface area contributed by atoms with Crippen molar-refractivity contribution in [2.45, 2.75) is 39.9 Å². The Morgan fingerprint density at radius 1 is 1.55 bits per heavy atom. The Morgan fingerprint density at radius 3 is 2.85 bits per heavy atom. The van der Waals surface area contributed by atoms with Gasteiger partial charge < -0.3 is 10.6 Å². The van der Waals surface area contributed by atoms with Gasteiger partial charge in [-0.1, -0.05) is 6.07 Å². The summed E-state index contributed by atoms with van der Waals surface area (Å²) < 4.78 is 1.65. The maximum absolute atomic E-state index is 12.8. The molecular weight excluding hydrogens is 272 g/mol. The summed E-state index contributed by atoms with van der Waals surface area (Å²) in [6, 6.07) is 4.13. The predicted octanol–water partition coefficient (Wildman–Crippen LogP) is 2.60. The molecule has 20 heavy (non-hydrogen) atoms. The van der Waals surface area contributed by atoms with Crippen LogP contribution in [0.15, 0.2) is 23.7 Å². The second kappa shape index (κ2) is 6.09. The van der Waals surface area contributed by atoms with Gasteiger partial charge in [0.05, 0.1) is 18.4 Å². The second-order valence-electron chi connectivity index (χ2n) is 4.87. The summed E-state index contributed by atoms with van der Waals surface area (Å²) in [5.41, 5.74) is 6.82. The topological polar surface area (TPSA) is 64.2 Å². The third kappa shape index (κ3) is 2.85. The van der Waals surface area contributed by atoms with E-state index in [9.17, 15) is 4.79 Å². The van der Waals surface area contributed by atoms with E-state index in [0.717, 1.165) is 4.88 Å². The average Bonchev–Trinajstić information content (AvgIpc) is 3.03. The van der Waals surface area contributed by atoms with Crippen LogP contribution in [0.2, 0.25) is 0 Å². The lowest BCUT2D eigenvalue weighted by molar-refractivity contribution is 0.0681. The van der Waals surface area contributed by atoms with Gasteiger partial charge in [0.15, 0.2) is 0 Å². The van der Waals surface area contributed by atoms with E-state index >= 15 is 0 Å². The lowest BCUT2D eigenvalue weighted by Gasteiger charge is -2.26. The van der Waals surface area contributed by atoms with Crippen LogP contribution < -0.4 is 5.73 Å². The highest BCUT2D eigenvalue weighted by Crippen LogP contribution is 2.19. The summed E-state index contributed by atoms with van der Waals surface area (Å²) in [5, 5.41) is 6.16. The number of nitrogens with two attached hydrogens (primary N) is 1. The van der Waals surface area contributed by atoms with Crippen LogP contribution in [0, 0.1) is 0 Å². The Labute approximate surface area is 123 Å². The van der Waals surface area contributed by atoms with E-state index in [-0.39, 0.29) is 11.9 Å². The molecule has 0 unspecified atom stereocenters. The van der Waals surface area contributed by atoms with Gasteiger partial charge in [0.2, 0.25) is 0 Å². The fourth-order valence-electron chi connectivity index (χ4n) is 2.07. The van der Waals surface area contributed by atoms with Crippen LogP contribution in [0.1, 0.15) is 36.1 Å². The predicted molar refractivity (Wildman–Crippen MR) is 81.6 cm³/mol. The Morgan fingerprint density at radius 2 is 2.30 bits per heavy atom. The van der Waals surface area contributed by atoms with Gasteiger partial charge in [0.25, 0.3) is 5.91 Å². The van der Waals surface area contributed by atoms with Crippen molar-refractivity contribution in [3.63, 3.8) is 0 Å². The first kappa shape index (κ1) is 14.6. The molecule has 5 nitrogen and oxygen atoms in total. The fourth-order valence-corrected chi connectivity index (χ4v) is 2.77. The number of thiophene rings is 1. The maximum Gasteiger partial charge on any atom is 0.274 e. The summed E-state index contributed by atoms with van der Waals surface area (Å²) in [4.78, 5) is 15.7. The minimum atomic E-state index is -0.0646. The summed E-state index contributed by atoms with van der Waals surface area (Å²) in [6.07, 6.45) is 1.54. The molecule has 6 heteroatoms. The van der Waals surface area contributed by atoms with E-state index in [1.54, 1.807) is 22.2 Å². The number of rotatable bonds is 5. The number of amides is 1. The summed E-state index contributed by atoms with van der Waals surface area (Å²) in [5.74, 6) is -0.0646. The van der Waals surface area contributed by atoms with Gasteiger partial charge in [0.1, 0.15) is 5.69 Å². The number of hydrogen-bond donors (Lipinski definition) is 1. The Kier molecular flexibility index (Phi) is 4.44. The molecule has 0 aliphatic carbocycles. The van der Waals surface area contributed by atoms with E-state index in [4.69, 9.17) is 5.73 Å². The molecule has 0 atom stereocenters. The van der Waals surface area contributed by atoms with Crippen molar-refractivity contribution in [3.8, 4) is 0 Å². The molecule has 0 bridgehead atoms. The number of aromatic nitrogens is 2. The van der Waals surface area contributed by atoms with Crippen molar-refractivity contribution in [2.75, 3.05) is 5.73 Å². The molecule has 0 aliphatic rings. The van der Waals surface area contributed by atoms with Gasteiger partial charge in [-0.05, 0) is 32.2 Å². The van der Waals surface area contributed by atoms with Crippen LogP contribution in [0.4, 0.5) is 5.69 Å². The molecule has 108 valence electrons. The molecule has 0 aromatic carbocycles. The summed E-state index contributed by atoms with van der Waals surface area (Å²) >= 11 is 1.65. The first-order valence-electron chi connectivity index (χ1n) is 6.69. The molecule has 0 saturated carbocycles. The lowest BCUT2D eigenvalue weighted by Crippen LogP contribution is -2.37. The van der Waals surface area contributed by atoms with Gasteiger partial charge >= 0.3 is 0 Å². The van der Waals surface area contributed by atoms with Crippen LogP contribution in [0.3, 0.4) is 0 Å². The largest absolute Gasteiger partial charge is 0.396 e. The molecule has 0 aliphatic heterocycles. The first-order valence-corrected chi connectivity index (χ1v) is 7.57. The van der Waals surface area contributed by atoms with Crippen LogP contribution in [0.25, 0.3) is 0 Å². The van der Waals surface area contributed by atoms with Crippen LogP contribution in [-0.4, -0.2) is 26.6 Å². The number of hydrogen-bond acceptors (Lipinski definition) is 4. The third-order valence-corrected chi connectivity index (χ3v) is 4.02. The Hall–Kier alpha value is -1.82. The molecule has 2 aromatic heterocycles. The zero-order chi connectivity index (χ0) is 14.7. The Balaban J connectivity index is 2.29. The monoisotopic (exact) mass is 292 g/mol. The van der Waals surface area contributed by atoms with Crippen molar-refractivity contribution in [1.29, 1.82) is 0 Å². The number of anilines is 1. The third-order valence-electron chi connectivity index (χ3n) is 3.16. The molecule has 1 amide bonds. The number of nitrogens with zero attached hydrogens (tertiary/aromatic N) is 3. The van der Waals surface area contributed by atoms with Gasteiger partial charge in [-0.2, -0.15) is 5.10 Å². The van der Waals surface area contributed by atoms with Crippen molar-refractivity contribution in [2.24, 2.45) is 0 Å². The zero-order valence-electron chi connectivity index (χ0n) is 12.0. The summed E-state index contributed by atoms with van der Waals surface area (Å²) in [7, 11) is 0. The van der Waals surface area contributed by atoms with Crippen LogP contribution in [0.5, 0.6) is 0 Å². The number of carbonyl (C=O) groups excluding carboxylic acids is 1. The normalized spacial score (nSPS) is 11.0. The molecule has 0 radical (unpaired) electrons. The van der Waals surface area contributed by atoms with Gasteiger partial charge in [0, 0.05) is 17.5 Å². The van der Waals surface area contributed by atoms with E-state index in [2.05, 4.69) is 5.10 Å². The van der Waals surface area contributed by atoms with Gasteiger partial charge in [-0.25, -0.2) is 0 Å². The fraction of sp³-hybridized carbons (Fsp3) is 0.429. The lowest BCUT2D eigenvalue weighted by atomic mass is 10.2. The molecule has 0 spiro atoms. The SMILES string of the molecule is CCn1ncc(N)c1C(=O)N(Cc1cccs1)C(C)C. The first-order chi connectivity index (χ1) is 9.54. The highest BCUT2D eigenvalue weighted by atomic mass is 32.1. The smallest absolute Gasteiger partial charge is 0.274 e. The van der Waals surface area contributed by atoms with Crippen molar-refractivity contribution in [3.05, 3.63) is 34.3 Å². The zero-order valence-corrected chi connectivity index (χ0v) is 12.9. The average molecular weight is 292 g/mol. The molecule has 2 aromatic rings. The second-order valence-corrected chi connectivity index (χ2v) is 5.90. The van der Waals surface area contributed by atoms with E-state index in [1.807, 2.05) is 43.2 Å². The quantitative estimate of drug-likeness (QED) is 0.921. The van der Waals surface area contributed by atoms with E-state index in [1.165, 1.54) is 0 Å². The minimum absolute atomic E-state index is 0.0646. The maximum atomic E-state index is 12.8. The highest BCUT2D eigenvalue weighted by molar-refractivity contribution is 7.09. The highest BCUT2D eigenvalue weighted by Gasteiger charge is 2.24. The van der Waals surface area contributed by atoms with E-state index < -0.39 is 0 Å². The number of carbonyl (C=O) groups is 1. The molecule has 0 saturated heterocycles. The Bertz CT molecular complexity index is 574. The van der Waals surface area contributed by atoms with Crippen molar-refractivity contribution < 1.29 is 4.79 Å². The number of nitrogen functional groups attached to an aromatic ring is 1. The minimum Gasteiger partial charge on any atom is -0.396 e. The summed E-state index contributed by atoms with van der Waals surface area (Å²) in [6.45, 7) is 7.19. The number of aryl methyl sites for hydroxylation is 1. The van der Waals surface area contributed by atoms with E-state index in [0.29, 0.717) is 24.5 Å². The molecular formula is C14H20N4OS. The molecule has 2 N–H and O–H groups in total. The molecule has 2 heterocycles. The van der Waals surface area contributed by atoms with Gasteiger partial charge in [-0.3, -0.25) is 9.48 Å².